The van der Waals surface area contributed by atoms with Crippen LogP contribution in [0.1, 0.15) is 11.4 Å². The Labute approximate surface area is 108 Å². The van der Waals surface area contributed by atoms with Crippen LogP contribution in [-0.4, -0.2) is 16.5 Å². The van der Waals surface area contributed by atoms with Gasteiger partial charge in [0.2, 0.25) is 0 Å². The molecule has 0 atom stereocenters. The highest BCUT2D eigenvalue weighted by Gasteiger charge is 2.06. The standard InChI is InChI=1S/C11H13N3OS2/c1-7-13-11(17-14-7)16-6-8-3-4-9(12)5-10(8)15-2/h3-5H,6,12H2,1-2H3. The van der Waals surface area contributed by atoms with Gasteiger partial charge in [-0.1, -0.05) is 17.8 Å². The largest absolute Gasteiger partial charge is 0.496 e. The van der Waals surface area contributed by atoms with E-state index in [2.05, 4.69) is 9.36 Å². The molecule has 0 unspecified atom stereocenters. The third kappa shape index (κ3) is 3.10. The Bertz CT molecular complexity index is 513. The summed E-state index contributed by atoms with van der Waals surface area (Å²) in [4.78, 5) is 4.30. The summed E-state index contributed by atoms with van der Waals surface area (Å²) in [5.74, 6) is 2.44. The molecule has 0 bridgehead atoms. The first-order valence-electron chi connectivity index (χ1n) is 5.04. The molecule has 6 heteroatoms. The van der Waals surface area contributed by atoms with Gasteiger partial charge >= 0.3 is 0 Å². The van der Waals surface area contributed by atoms with E-state index in [4.69, 9.17) is 10.5 Å². The van der Waals surface area contributed by atoms with Crippen LogP contribution < -0.4 is 10.5 Å². The summed E-state index contributed by atoms with van der Waals surface area (Å²) < 4.78 is 10.4. The Balaban J connectivity index is 2.08. The molecule has 0 saturated carbocycles. The molecule has 2 rings (SSSR count). The molecular formula is C11H13N3OS2. The number of hydrogen-bond donors (Lipinski definition) is 1. The fourth-order valence-corrected chi connectivity index (χ4v) is 2.99. The maximum atomic E-state index is 5.71. The number of hydrogen-bond acceptors (Lipinski definition) is 6. The maximum absolute atomic E-state index is 5.71. The number of aryl methyl sites for hydroxylation is 1. The molecule has 1 heterocycles. The number of nitrogens with two attached hydrogens (primary N) is 1. The van der Waals surface area contributed by atoms with Crippen LogP contribution in [0.5, 0.6) is 5.75 Å². The van der Waals surface area contributed by atoms with Crippen molar-refractivity contribution in [3.8, 4) is 5.75 Å². The minimum absolute atomic E-state index is 0.711. The van der Waals surface area contributed by atoms with Crippen LogP contribution in [0.3, 0.4) is 0 Å². The number of thioether (sulfide) groups is 1. The summed E-state index contributed by atoms with van der Waals surface area (Å²) in [7, 11) is 1.65. The summed E-state index contributed by atoms with van der Waals surface area (Å²) in [6, 6.07) is 5.69. The second-order valence-electron chi connectivity index (χ2n) is 3.47. The molecule has 0 aliphatic rings. The van der Waals surface area contributed by atoms with E-state index in [1.165, 1.54) is 11.5 Å². The SMILES string of the molecule is COc1cc(N)ccc1CSc1nc(C)ns1. The average Bonchev–Trinajstić information content (AvgIpc) is 2.73. The number of anilines is 1. The predicted molar refractivity (Wildman–Crippen MR) is 71.6 cm³/mol. The topological polar surface area (TPSA) is 61.0 Å². The van der Waals surface area contributed by atoms with Gasteiger partial charge in [-0.25, -0.2) is 4.98 Å². The molecule has 0 aliphatic heterocycles. The summed E-state index contributed by atoms with van der Waals surface area (Å²) in [6.07, 6.45) is 0. The molecule has 4 nitrogen and oxygen atoms in total. The second kappa shape index (κ2) is 5.37. The molecule has 2 N–H and O–H groups in total. The van der Waals surface area contributed by atoms with Gasteiger partial charge in [0.05, 0.1) is 7.11 Å². The third-order valence-electron chi connectivity index (χ3n) is 2.17. The van der Waals surface area contributed by atoms with Gasteiger partial charge in [0.25, 0.3) is 0 Å². The molecule has 0 saturated heterocycles. The molecule has 2 aromatic rings. The molecule has 0 aliphatic carbocycles. The Morgan fingerprint density at radius 2 is 2.29 bits per heavy atom. The number of nitrogens with zero attached hydrogens (tertiary/aromatic N) is 2. The van der Waals surface area contributed by atoms with E-state index >= 15 is 0 Å². The lowest BCUT2D eigenvalue weighted by Gasteiger charge is -2.07. The van der Waals surface area contributed by atoms with E-state index in [0.29, 0.717) is 5.69 Å². The summed E-state index contributed by atoms with van der Waals surface area (Å²) in [6.45, 7) is 1.89. The average molecular weight is 267 g/mol. The van der Waals surface area contributed by atoms with Gasteiger partial charge in [0.15, 0.2) is 4.34 Å². The zero-order valence-electron chi connectivity index (χ0n) is 9.64. The number of benzene rings is 1. The van der Waals surface area contributed by atoms with Crippen LogP contribution >= 0.6 is 23.3 Å². The van der Waals surface area contributed by atoms with Gasteiger partial charge in [-0.05, 0) is 24.5 Å². The van der Waals surface area contributed by atoms with Crippen molar-refractivity contribution in [2.24, 2.45) is 0 Å². The lowest BCUT2D eigenvalue weighted by atomic mass is 10.2. The zero-order valence-corrected chi connectivity index (χ0v) is 11.3. The number of ether oxygens (including phenoxy) is 1. The monoisotopic (exact) mass is 267 g/mol. The van der Waals surface area contributed by atoms with E-state index in [9.17, 15) is 0 Å². The van der Waals surface area contributed by atoms with Crippen LogP contribution in [0.4, 0.5) is 5.69 Å². The lowest BCUT2D eigenvalue weighted by molar-refractivity contribution is 0.411. The van der Waals surface area contributed by atoms with E-state index in [-0.39, 0.29) is 0 Å². The quantitative estimate of drug-likeness (QED) is 0.681. The van der Waals surface area contributed by atoms with Crippen molar-refractivity contribution in [3.63, 3.8) is 0 Å². The van der Waals surface area contributed by atoms with Crippen LogP contribution in [0.25, 0.3) is 0 Å². The second-order valence-corrected chi connectivity index (χ2v) is 5.44. The lowest BCUT2D eigenvalue weighted by Crippen LogP contribution is -1.93. The molecule has 0 amide bonds. The van der Waals surface area contributed by atoms with Crippen LogP contribution in [0.2, 0.25) is 0 Å². The fourth-order valence-electron chi connectivity index (χ4n) is 1.36. The number of aromatic nitrogens is 2. The highest BCUT2D eigenvalue weighted by molar-refractivity contribution is 8.00. The van der Waals surface area contributed by atoms with Gasteiger partial charge in [0, 0.05) is 23.1 Å². The van der Waals surface area contributed by atoms with Crippen molar-refractivity contribution < 1.29 is 4.74 Å². The van der Waals surface area contributed by atoms with E-state index < -0.39 is 0 Å². The Hall–Kier alpha value is -1.27. The van der Waals surface area contributed by atoms with Crippen molar-refractivity contribution in [2.75, 3.05) is 12.8 Å². The highest BCUT2D eigenvalue weighted by atomic mass is 32.2. The molecule has 0 spiro atoms. The third-order valence-corrected chi connectivity index (χ3v) is 4.14. The molecule has 1 aromatic heterocycles. The van der Waals surface area contributed by atoms with Gasteiger partial charge in [-0.2, -0.15) is 4.37 Å². The summed E-state index contributed by atoms with van der Waals surface area (Å²) >= 11 is 3.08. The van der Waals surface area contributed by atoms with Crippen LogP contribution in [-0.2, 0) is 5.75 Å². The Morgan fingerprint density at radius 3 is 2.94 bits per heavy atom. The summed E-state index contributed by atoms with van der Waals surface area (Å²) in [5.41, 5.74) is 7.53. The number of nitrogen functional groups attached to an aromatic ring is 1. The van der Waals surface area contributed by atoms with Gasteiger partial charge in [-0.3, -0.25) is 0 Å². The van der Waals surface area contributed by atoms with Crippen molar-refractivity contribution in [1.29, 1.82) is 0 Å². The first-order valence-corrected chi connectivity index (χ1v) is 6.80. The van der Waals surface area contributed by atoms with Crippen molar-refractivity contribution in [1.82, 2.24) is 9.36 Å². The fraction of sp³-hybridized carbons (Fsp3) is 0.273. The van der Waals surface area contributed by atoms with Crippen molar-refractivity contribution in [3.05, 3.63) is 29.6 Å². The molecule has 90 valence electrons. The van der Waals surface area contributed by atoms with Gasteiger partial charge in [-0.15, -0.1) is 0 Å². The smallest absolute Gasteiger partial charge is 0.170 e. The Morgan fingerprint density at radius 1 is 1.47 bits per heavy atom. The van der Waals surface area contributed by atoms with Gasteiger partial charge < -0.3 is 10.5 Å². The van der Waals surface area contributed by atoms with Crippen LogP contribution in [0, 0.1) is 6.92 Å². The van der Waals surface area contributed by atoms with E-state index in [1.54, 1.807) is 18.9 Å². The van der Waals surface area contributed by atoms with E-state index in [1.807, 2.05) is 25.1 Å². The minimum Gasteiger partial charge on any atom is -0.496 e. The molecule has 0 fully saturated rings. The first kappa shape index (κ1) is 12.2. The zero-order chi connectivity index (χ0) is 12.3. The number of methoxy groups -OCH3 is 1. The first-order chi connectivity index (χ1) is 8.19. The highest BCUT2D eigenvalue weighted by Crippen LogP contribution is 2.29. The normalized spacial score (nSPS) is 10.5. The van der Waals surface area contributed by atoms with Crippen LogP contribution in [0.15, 0.2) is 22.5 Å². The summed E-state index contributed by atoms with van der Waals surface area (Å²) in [5, 5.41) is 0. The van der Waals surface area contributed by atoms with Gasteiger partial charge in [0.1, 0.15) is 11.6 Å². The molecular weight excluding hydrogens is 254 g/mol. The molecule has 17 heavy (non-hydrogen) atoms. The van der Waals surface area contributed by atoms with Crippen molar-refractivity contribution >= 4 is 29.0 Å². The molecule has 1 aromatic carbocycles. The molecule has 0 radical (unpaired) electrons. The predicted octanol–water partition coefficient (Wildman–Crippen LogP) is 2.73. The maximum Gasteiger partial charge on any atom is 0.170 e. The van der Waals surface area contributed by atoms with E-state index in [0.717, 1.165) is 27.2 Å². The van der Waals surface area contributed by atoms with Crippen molar-refractivity contribution in [2.45, 2.75) is 17.0 Å². The minimum atomic E-state index is 0.711. The Kier molecular flexibility index (Phi) is 3.86. The number of rotatable bonds is 4.